The molecule has 1 atom stereocenters. The molecule has 0 aromatic heterocycles. The molecule has 2 N–H and O–H groups in total. The molecule has 0 fully saturated rings. The van der Waals surface area contributed by atoms with E-state index in [1.165, 1.54) is 5.56 Å². The summed E-state index contributed by atoms with van der Waals surface area (Å²) >= 11 is 5.40. The molecule has 0 saturated heterocycles. The summed E-state index contributed by atoms with van der Waals surface area (Å²) in [6.45, 7) is 4.08. The Bertz CT molecular complexity index is 688. The van der Waals surface area contributed by atoms with E-state index in [-0.39, 0.29) is 6.04 Å². The largest absolute Gasteiger partial charge is 0.497 e. The van der Waals surface area contributed by atoms with Crippen molar-refractivity contribution in [3.63, 3.8) is 0 Å². The lowest BCUT2D eigenvalue weighted by Crippen LogP contribution is -2.31. The number of rotatable bonds is 5. The number of anilines is 1. The maximum atomic E-state index is 5.42. The van der Waals surface area contributed by atoms with Gasteiger partial charge in [-0.05, 0) is 62.0 Å². The summed E-state index contributed by atoms with van der Waals surface area (Å²) in [5.74, 6) is 1.58. The molecule has 2 rings (SSSR count). The Morgan fingerprint density at radius 3 is 2.52 bits per heavy atom. The molecule has 1 unspecified atom stereocenters. The Morgan fingerprint density at radius 2 is 1.87 bits per heavy atom. The molecule has 0 heterocycles. The lowest BCUT2D eigenvalue weighted by molar-refractivity contribution is 0.395. The van der Waals surface area contributed by atoms with Crippen molar-refractivity contribution in [2.45, 2.75) is 19.9 Å². The smallest absolute Gasteiger partial charge is 0.171 e. The Labute approximate surface area is 142 Å². The lowest BCUT2D eigenvalue weighted by atomic mass is 10.1. The van der Waals surface area contributed by atoms with Crippen molar-refractivity contribution in [2.75, 3.05) is 19.5 Å². The molecule has 0 saturated carbocycles. The quantitative estimate of drug-likeness (QED) is 0.809. The third-order valence-electron chi connectivity index (χ3n) is 3.53. The highest BCUT2D eigenvalue weighted by atomic mass is 32.1. The molecular formula is C18H22N2O2S. The molecular weight excluding hydrogens is 308 g/mol. The zero-order chi connectivity index (χ0) is 16.8. The molecule has 0 radical (unpaired) electrons. The van der Waals surface area contributed by atoms with E-state index in [0.717, 1.165) is 22.7 Å². The van der Waals surface area contributed by atoms with Crippen molar-refractivity contribution in [1.82, 2.24) is 5.32 Å². The van der Waals surface area contributed by atoms with Crippen LogP contribution in [0.4, 0.5) is 5.69 Å². The first-order valence-electron chi connectivity index (χ1n) is 7.39. The van der Waals surface area contributed by atoms with E-state index in [9.17, 15) is 0 Å². The van der Waals surface area contributed by atoms with E-state index < -0.39 is 0 Å². The normalized spacial score (nSPS) is 11.5. The van der Waals surface area contributed by atoms with Crippen molar-refractivity contribution in [1.29, 1.82) is 0 Å². The second-order valence-corrected chi connectivity index (χ2v) is 5.71. The van der Waals surface area contributed by atoms with Gasteiger partial charge in [-0.2, -0.15) is 0 Å². The molecule has 0 spiro atoms. The predicted molar refractivity (Wildman–Crippen MR) is 98.5 cm³/mol. The fourth-order valence-corrected chi connectivity index (χ4v) is 2.64. The third kappa shape index (κ3) is 4.60. The first-order chi connectivity index (χ1) is 11.0. The van der Waals surface area contributed by atoms with Crippen molar-refractivity contribution < 1.29 is 9.47 Å². The number of thiocarbonyl (C=S) groups is 1. The number of methoxy groups -OCH3 is 2. The summed E-state index contributed by atoms with van der Waals surface area (Å²) in [6, 6.07) is 13.8. The first kappa shape index (κ1) is 17.1. The van der Waals surface area contributed by atoms with Gasteiger partial charge in [0.1, 0.15) is 11.5 Å². The molecule has 0 aliphatic carbocycles. The van der Waals surface area contributed by atoms with Gasteiger partial charge in [0.2, 0.25) is 0 Å². The SMILES string of the molecule is COc1ccc(OC)c(C(C)NC(=S)Nc2cccc(C)c2)c1. The van der Waals surface area contributed by atoms with E-state index in [4.69, 9.17) is 21.7 Å². The highest BCUT2D eigenvalue weighted by Crippen LogP contribution is 2.29. The number of benzene rings is 2. The van der Waals surface area contributed by atoms with Crippen LogP contribution in [0.1, 0.15) is 24.1 Å². The van der Waals surface area contributed by atoms with Gasteiger partial charge in [-0.3, -0.25) is 0 Å². The van der Waals surface area contributed by atoms with Crippen molar-refractivity contribution in [3.05, 3.63) is 53.6 Å². The Balaban J connectivity index is 2.09. The highest BCUT2D eigenvalue weighted by Gasteiger charge is 2.14. The average molecular weight is 330 g/mol. The van der Waals surface area contributed by atoms with Gasteiger partial charge in [0.15, 0.2) is 5.11 Å². The molecule has 0 aliphatic rings. The van der Waals surface area contributed by atoms with Gasteiger partial charge in [0, 0.05) is 11.3 Å². The summed E-state index contributed by atoms with van der Waals surface area (Å²) in [5, 5.41) is 7.04. The second-order valence-electron chi connectivity index (χ2n) is 5.30. The maximum absolute atomic E-state index is 5.42. The maximum Gasteiger partial charge on any atom is 0.171 e. The third-order valence-corrected chi connectivity index (χ3v) is 3.75. The lowest BCUT2D eigenvalue weighted by Gasteiger charge is -2.20. The predicted octanol–water partition coefficient (Wildman–Crippen LogP) is 4.06. The van der Waals surface area contributed by atoms with Gasteiger partial charge in [0.05, 0.1) is 20.3 Å². The summed E-state index contributed by atoms with van der Waals surface area (Å²) in [6.07, 6.45) is 0. The minimum absolute atomic E-state index is 0.0233. The minimum atomic E-state index is -0.0233. The van der Waals surface area contributed by atoms with Crippen LogP contribution >= 0.6 is 12.2 Å². The number of hydrogen-bond donors (Lipinski definition) is 2. The summed E-state index contributed by atoms with van der Waals surface area (Å²) < 4.78 is 10.7. The molecule has 2 aromatic rings. The zero-order valence-corrected chi connectivity index (χ0v) is 14.7. The van der Waals surface area contributed by atoms with Crippen LogP contribution in [0.5, 0.6) is 11.5 Å². The van der Waals surface area contributed by atoms with E-state index >= 15 is 0 Å². The standard InChI is InChI=1S/C18H22N2O2S/c1-12-6-5-7-14(10-12)20-18(23)19-13(2)16-11-15(21-3)8-9-17(16)22-4/h5-11,13H,1-4H3,(H2,19,20,23). The molecule has 0 bridgehead atoms. The van der Waals surface area contributed by atoms with Crippen molar-refractivity contribution in [3.8, 4) is 11.5 Å². The summed E-state index contributed by atoms with van der Waals surface area (Å²) in [5.41, 5.74) is 3.13. The first-order valence-corrected chi connectivity index (χ1v) is 7.80. The van der Waals surface area contributed by atoms with Gasteiger partial charge in [0.25, 0.3) is 0 Å². The molecule has 23 heavy (non-hydrogen) atoms. The molecule has 0 amide bonds. The molecule has 4 nitrogen and oxygen atoms in total. The number of ether oxygens (including phenoxy) is 2. The topological polar surface area (TPSA) is 42.5 Å². The Kier molecular flexibility index (Phi) is 5.82. The fraction of sp³-hybridized carbons (Fsp3) is 0.278. The van der Waals surface area contributed by atoms with E-state index in [1.54, 1.807) is 14.2 Å². The molecule has 5 heteroatoms. The van der Waals surface area contributed by atoms with E-state index in [2.05, 4.69) is 10.6 Å². The highest BCUT2D eigenvalue weighted by molar-refractivity contribution is 7.80. The second kappa shape index (κ2) is 7.83. The molecule has 0 aliphatic heterocycles. The van der Waals surface area contributed by atoms with Crippen molar-refractivity contribution >= 4 is 23.0 Å². The monoisotopic (exact) mass is 330 g/mol. The van der Waals surface area contributed by atoms with Gasteiger partial charge >= 0.3 is 0 Å². The van der Waals surface area contributed by atoms with Crippen molar-refractivity contribution in [2.24, 2.45) is 0 Å². The number of nitrogens with one attached hydrogen (secondary N) is 2. The minimum Gasteiger partial charge on any atom is -0.497 e. The van der Waals surface area contributed by atoms with E-state index in [0.29, 0.717) is 5.11 Å². The summed E-state index contributed by atoms with van der Waals surface area (Å²) in [4.78, 5) is 0. The van der Waals surface area contributed by atoms with Crippen LogP contribution < -0.4 is 20.1 Å². The molecule has 2 aromatic carbocycles. The van der Waals surface area contributed by atoms with Crippen LogP contribution in [-0.4, -0.2) is 19.3 Å². The van der Waals surface area contributed by atoms with Crippen LogP contribution in [-0.2, 0) is 0 Å². The van der Waals surface area contributed by atoms with E-state index in [1.807, 2.05) is 56.3 Å². The van der Waals surface area contributed by atoms with Crippen LogP contribution in [0.15, 0.2) is 42.5 Å². The zero-order valence-electron chi connectivity index (χ0n) is 13.8. The van der Waals surface area contributed by atoms with Crippen LogP contribution in [0.3, 0.4) is 0 Å². The van der Waals surface area contributed by atoms with Gasteiger partial charge in [-0.1, -0.05) is 12.1 Å². The van der Waals surface area contributed by atoms with Gasteiger partial charge in [-0.15, -0.1) is 0 Å². The van der Waals surface area contributed by atoms with Gasteiger partial charge in [-0.25, -0.2) is 0 Å². The van der Waals surface area contributed by atoms with Crippen LogP contribution in [0, 0.1) is 6.92 Å². The van der Waals surface area contributed by atoms with Crippen LogP contribution in [0.2, 0.25) is 0 Å². The number of hydrogen-bond acceptors (Lipinski definition) is 3. The van der Waals surface area contributed by atoms with Crippen LogP contribution in [0.25, 0.3) is 0 Å². The molecule has 122 valence electrons. The number of aryl methyl sites for hydroxylation is 1. The average Bonchev–Trinajstić information content (AvgIpc) is 2.54. The van der Waals surface area contributed by atoms with Gasteiger partial charge < -0.3 is 20.1 Å². The Hall–Kier alpha value is -2.27. The Morgan fingerprint density at radius 1 is 1.09 bits per heavy atom. The summed E-state index contributed by atoms with van der Waals surface area (Å²) in [7, 11) is 3.30. The fourth-order valence-electron chi connectivity index (χ4n) is 2.34.